The number of halogens is 4. The Balaban J connectivity index is 1.64. The third-order valence-electron chi connectivity index (χ3n) is 3.47. The Bertz CT molecular complexity index is 949. The predicted octanol–water partition coefficient (Wildman–Crippen LogP) is 5.30. The number of nitrogens with one attached hydrogen (secondary N) is 1. The quantitative estimate of drug-likeness (QED) is 0.608. The van der Waals surface area contributed by atoms with Crippen LogP contribution in [0.5, 0.6) is 0 Å². The van der Waals surface area contributed by atoms with Crippen LogP contribution in [0.15, 0.2) is 48.5 Å². The summed E-state index contributed by atoms with van der Waals surface area (Å²) in [6, 6.07) is 11.1. The normalized spacial score (nSPS) is 12.0. The van der Waals surface area contributed by atoms with Crippen LogP contribution in [0.1, 0.15) is 16.1 Å². The van der Waals surface area contributed by atoms with Gasteiger partial charge in [0.2, 0.25) is 5.91 Å². The highest BCUT2D eigenvalue weighted by molar-refractivity contribution is 7.18. The summed E-state index contributed by atoms with van der Waals surface area (Å²) in [5.41, 5.74) is 0.159. The maximum atomic E-state index is 12.8. The summed E-state index contributed by atoms with van der Waals surface area (Å²) >= 11 is 7.04. The third kappa shape index (κ3) is 4.42. The number of hydrogen-bond donors (Lipinski definition) is 1. The fraction of sp³-hybridized carbons (Fsp3) is 0.111. The molecule has 0 atom stereocenters. The number of para-hydroxylation sites is 1. The monoisotopic (exact) mass is 396 g/mol. The largest absolute Gasteiger partial charge is 0.417 e. The number of alkyl halides is 3. The van der Waals surface area contributed by atoms with E-state index in [1.54, 1.807) is 0 Å². The molecule has 134 valence electrons. The van der Waals surface area contributed by atoms with Crippen LogP contribution in [0.3, 0.4) is 0 Å². The SMILES string of the molecule is O=C(C=Cc1ccc(Cl)c(C(F)(F)F)c1)NCc1nc2ccccc2s1. The van der Waals surface area contributed by atoms with Crippen molar-refractivity contribution in [3.63, 3.8) is 0 Å². The minimum absolute atomic E-state index is 0.233. The molecule has 0 unspecified atom stereocenters. The highest BCUT2D eigenvalue weighted by Crippen LogP contribution is 2.35. The molecular formula is C18H12ClF3N2OS. The molecule has 0 spiro atoms. The van der Waals surface area contributed by atoms with Crippen LogP contribution in [0.25, 0.3) is 16.3 Å². The molecule has 0 aliphatic rings. The first-order chi connectivity index (χ1) is 12.3. The van der Waals surface area contributed by atoms with E-state index in [-0.39, 0.29) is 17.1 Å². The molecule has 0 aliphatic heterocycles. The number of amides is 1. The number of fused-ring (bicyclic) bond motifs is 1. The van der Waals surface area contributed by atoms with Crippen LogP contribution in [0, 0.1) is 0 Å². The maximum Gasteiger partial charge on any atom is 0.417 e. The highest BCUT2D eigenvalue weighted by Gasteiger charge is 2.33. The van der Waals surface area contributed by atoms with Crippen LogP contribution >= 0.6 is 22.9 Å². The van der Waals surface area contributed by atoms with Gasteiger partial charge in [-0.2, -0.15) is 13.2 Å². The summed E-state index contributed by atoms with van der Waals surface area (Å²) in [7, 11) is 0. The van der Waals surface area contributed by atoms with E-state index in [1.165, 1.54) is 29.6 Å². The van der Waals surface area contributed by atoms with Gasteiger partial charge in [-0.25, -0.2) is 4.98 Å². The minimum Gasteiger partial charge on any atom is -0.346 e. The molecule has 2 aromatic carbocycles. The van der Waals surface area contributed by atoms with E-state index in [1.807, 2.05) is 24.3 Å². The van der Waals surface area contributed by atoms with E-state index < -0.39 is 17.6 Å². The Morgan fingerprint density at radius 1 is 1.23 bits per heavy atom. The van der Waals surface area contributed by atoms with Gasteiger partial charge in [0.15, 0.2) is 0 Å². The molecule has 1 N–H and O–H groups in total. The summed E-state index contributed by atoms with van der Waals surface area (Å²) in [4.78, 5) is 16.3. The second-order valence-corrected chi connectivity index (χ2v) is 6.89. The van der Waals surface area contributed by atoms with E-state index in [2.05, 4.69) is 10.3 Å². The van der Waals surface area contributed by atoms with E-state index >= 15 is 0 Å². The lowest BCUT2D eigenvalue weighted by Crippen LogP contribution is -2.20. The van der Waals surface area contributed by atoms with Crippen molar-refractivity contribution >= 4 is 45.1 Å². The lowest BCUT2D eigenvalue weighted by atomic mass is 10.1. The Morgan fingerprint density at radius 3 is 2.73 bits per heavy atom. The van der Waals surface area contributed by atoms with Gasteiger partial charge in [-0.3, -0.25) is 4.79 Å². The molecule has 3 rings (SSSR count). The number of hydrogen-bond acceptors (Lipinski definition) is 3. The van der Waals surface area contributed by atoms with Gasteiger partial charge < -0.3 is 5.32 Å². The lowest BCUT2D eigenvalue weighted by molar-refractivity contribution is -0.137. The van der Waals surface area contributed by atoms with Crippen molar-refractivity contribution in [3.8, 4) is 0 Å². The molecule has 8 heteroatoms. The molecule has 0 aliphatic carbocycles. The number of carbonyl (C=O) groups is 1. The predicted molar refractivity (Wildman–Crippen MR) is 97.0 cm³/mol. The Labute approximate surface area is 156 Å². The summed E-state index contributed by atoms with van der Waals surface area (Å²) in [6.45, 7) is 0.247. The molecule has 1 heterocycles. The van der Waals surface area contributed by atoms with Gasteiger partial charge in [0, 0.05) is 6.08 Å². The number of aromatic nitrogens is 1. The average Bonchev–Trinajstić information content (AvgIpc) is 3.01. The first-order valence-electron chi connectivity index (χ1n) is 7.50. The number of carbonyl (C=O) groups excluding carboxylic acids is 1. The van der Waals surface area contributed by atoms with Crippen molar-refractivity contribution in [1.29, 1.82) is 0 Å². The van der Waals surface area contributed by atoms with Gasteiger partial charge in [0.05, 0.1) is 27.3 Å². The zero-order chi connectivity index (χ0) is 18.7. The zero-order valence-electron chi connectivity index (χ0n) is 13.2. The molecule has 3 aromatic rings. The Kier molecular flexibility index (Phi) is 5.29. The van der Waals surface area contributed by atoms with Crippen LogP contribution < -0.4 is 5.32 Å². The molecule has 3 nitrogen and oxygen atoms in total. The molecule has 0 bridgehead atoms. The fourth-order valence-corrected chi connectivity index (χ4v) is 3.38. The standard InChI is InChI=1S/C18H12ClF3N2OS/c19-13-7-5-11(9-12(13)18(20,21)22)6-8-16(25)23-10-17-24-14-3-1-2-4-15(14)26-17/h1-9H,10H2,(H,23,25). The van der Waals surface area contributed by atoms with Gasteiger partial charge in [-0.05, 0) is 35.9 Å². The van der Waals surface area contributed by atoms with Crippen LogP contribution in [0.4, 0.5) is 13.2 Å². The maximum absolute atomic E-state index is 12.8. The molecule has 0 saturated heterocycles. The van der Waals surface area contributed by atoms with E-state index in [0.717, 1.165) is 27.4 Å². The molecule has 0 saturated carbocycles. The molecule has 1 aromatic heterocycles. The summed E-state index contributed by atoms with van der Waals surface area (Å²) in [5, 5.41) is 3.03. The van der Waals surface area contributed by atoms with Crippen LogP contribution in [-0.2, 0) is 17.5 Å². The highest BCUT2D eigenvalue weighted by atomic mass is 35.5. The van der Waals surface area contributed by atoms with Gasteiger partial charge >= 0.3 is 6.18 Å². The number of thiazole rings is 1. The van der Waals surface area contributed by atoms with Crippen molar-refractivity contribution < 1.29 is 18.0 Å². The van der Waals surface area contributed by atoms with E-state index in [0.29, 0.717) is 0 Å². The first-order valence-corrected chi connectivity index (χ1v) is 8.69. The van der Waals surface area contributed by atoms with Crippen molar-refractivity contribution in [2.24, 2.45) is 0 Å². The van der Waals surface area contributed by atoms with Crippen LogP contribution in [0.2, 0.25) is 5.02 Å². The van der Waals surface area contributed by atoms with E-state index in [4.69, 9.17) is 11.6 Å². The van der Waals surface area contributed by atoms with Crippen LogP contribution in [-0.4, -0.2) is 10.9 Å². The molecular weight excluding hydrogens is 385 g/mol. The molecule has 0 fully saturated rings. The van der Waals surface area contributed by atoms with Crippen molar-refractivity contribution in [2.45, 2.75) is 12.7 Å². The van der Waals surface area contributed by atoms with Crippen molar-refractivity contribution in [3.05, 3.63) is 69.7 Å². The smallest absolute Gasteiger partial charge is 0.346 e. The molecule has 1 amide bonds. The zero-order valence-corrected chi connectivity index (χ0v) is 14.8. The Morgan fingerprint density at radius 2 is 2.00 bits per heavy atom. The topological polar surface area (TPSA) is 42.0 Å². The molecule has 26 heavy (non-hydrogen) atoms. The van der Waals surface area contributed by atoms with E-state index in [9.17, 15) is 18.0 Å². The van der Waals surface area contributed by atoms with Gasteiger partial charge in [-0.1, -0.05) is 29.8 Å². The minimum atomic E-state index is -4.55. The number of nitrogens with zero attached hydrogens (tertiary/aromatic N) is 1. The fourth-order valence-electron chi connectivity index (χ4n) is 2.25. The second-order valence-electron chi connectivity index (χ2n) is 5.36. The van der Waals surface area contributed by atoms with Crippen molar-refractivity contribution in [1.82, 2.24) is 10.3 Å². The van der Waals surface area contributed by atoms with Crippen molar-refractivity contribution in [2.75, 3.05) is 0 Å². The average molecular weight is 397 g/mol. The molecule has 0 radical (unpaired) electrons. The number of benzene rings is 2. The number of rotatable bonds is 4. The first kappa shape index (κ1) is 18.4. The third-order valence-corrected chi connectivity index (χ3v) is 4.84. The lowest BCUT2D eigenvalue weighted by Gasteiger charge is -2.09. The van der Waals surface area contributed by atoms with Gasteiger partial charge in [0.1, 0.15) is 5.01 Å². The summed E-state index contributed by atoms with van der Waals surface area (Å²) in [5.74, 6) is -0.423. The van der Waals surface area contributed by atoms with Gasteiger partial charge in [-0.15, -0.1) is 11.3 Å². The second kappa shape index (κ2) is 7.47. The Hall–Kier alpha value is -2.38. The summed E-state index contributed by atoms with van der Waals surface area (Å²) in [6.07, 6.45) is -2.06. The summed E-state index contributed by atoms with van der Waals surface area (Å²) < 4.78 is 39.5. The van der Waals surface area contributed by atoms with Gasteiger partial charge in [0.25, 0.3) is 0 Å².